The predicted octanol–water partition coefficient (Wildman–Crippen LogP) is 5.26. The van der Waals surface area contributed by atoms with Gasteiger partial charge in [-0.3, -0.25) is 0 Å². The largest absolute Gasteiger partial charge is 0.496 e. The summed E-state index contributed by atoms with van der Waals surface area (Å²) in [4.78, 5) is 1.24. The van der Waals surface area contributed by atoms with Gasteiger partial charge in [0, 0.05) is 25.3 Å². The van der Waals surface area contributed by atoms with Crippen LogP contribution in [-0.2, 0) is 0 Å². The van der Waals surface area contributed by atoms with E-state index in [1.807, 2.05) is 18.2 Å². The molecule has 1 heterocycles. The monoisotopic (exact) mass is 373 g/mol. The molecule has 2 aromatic rings. The first-order chi connectivity index (χ1) is 9.65. The Kier molecular flexibility index (Phi) is 5.90. The minimum atomic E-state index is 0.0971. The van der Waals surface area contributed by atoms with Crippen LogP contribution in [0.4, 0.5) is 0 Å². The Morgan fingerprint density at radius 1 is 1.40 bits per heavy atom. The van der Waals surface area contributed by atoms with Gasteiger partial charge < -0.3 is 10.1 Å². The summed E-state index contributed by atoms with van der Waals surface area (Å²) in [6.07, 6.45) is 1.08. The SMILES string of the molecule is CCCNC(c1cc(Br)cs1)c1cc(Cl)ccc1OC. The molecule has 0 fully saturated rings. The van der Waals surface area contributed by atoms with Gasteiger partial charge in [0.25, 0.3) is 0 Å². The van der Waals surface area contributed by atoms with Crippen LogP contribution in [0.1, 0.15) is 29.8 Å². The van der Waals surface area contributed by atoms with Crippen LogP contribution in [0.2, 0.25) is 5.02 Å². The molecule has 2 rings (SSSR count). The molecular weight excluding hydrogens is 358 g/mol. The van der Waals surface area contributed by atoms with E-state index in [9.17, 15) is 0 Å². The number of methoxy groups -OCH3 is 1. The van der Waals surface area contributed by atoms with Crippen molar-refractivity contribution in [3.63, 3.8) is 0 Å². The number of ether oxygens (including phenoxy) is 1. The fourth-order valence-electron chi connectivity index (χ4n) is 2.06. The molecule has 0 saturated carbocycles. The van der Waals surface area contributed by atoms with Crippen molar-refractivity contribution < 1.29 is 4.74 Å². The average Bonchev–Trinajstić information content (AvgIpc) is 2.86. The van der Waals surface area contributed by atoms with Gasteiger partial charge >= 0.3 is 0 Å². The standard InChI is InChI=1S/C15H17BrClNOS/c1-3-6-18-15(14-7-10(16)9-20-14)12-8-11(17)4-5-13(12)19-2/h4-5,7-9,15,18H,3,6H2,1-2H3. The van der Waals surface area contributed by atoms with Crippen molar-refractivity contribution in [2.24, 2.45) is 0 Å². The summed E-state index contributed by atoms with van der Waals surface area (Å²) in [5, 5.41) is 6.38. The molecule has 0 aliphatic heterocycles. The Bertz CT molecular complexity index is 573. The van der Waals surface area contributed by atoms with E-state index in [2.05, 4.69) is 39.6 Å². The highest BCUT2D eigenvalue weighted by Gasteiger charge is 2.19. The van der Waals surface area contributed by atoms with Crippen LogP contribution in [0, 0.1) is 0 Å². The number of halogens is 2. The van der Waals surface area contributed by atoms with Crippen LogP contribution < -0.4 is 10.1 Å². The van der Waals surface area contributed by atoms with Gasteiger partial charge in [-0.1, -0.05) is 18.5 Å². The van der Waals surface area contributed by atoms with E-state index in [4.69, 9.17) is 16.3 Å². The lowest BCUT2D eigenvalue weighted by Crippen LogP contribution is -2.23. The Labute approximate surface area is 137 Å². The maximum atomic E-state index is 6.16. The molecule has 0 radical (unpaired) electrons. The summed E-state index contributed by atoms with van der Waals surface area (Å²) in [5.74, 6) is 0.854. The second kappa shape index (κ2) is 7.46. The zero-order valence-corrected chi connectivity index (χ0v) is 14.6. The average molecular weight is 375 g/mol. The Morgan fingerprint density at radius 3 is 2.80 bits per heavy atom. The topological polar surface area (TPSA) is 21.3 Å². The predicted molar refractivity (Wildman–Crippen MR) is 90.2 cm³/mol. The molecule has 1 atom stereocenters. The lowest BCUT2D eigenvalue weighted by atomic mass is 10.0. The third kappa shape index (κ3) is 3.76. The molecule has 1 unspecified atom stereocenters. The van der Waals surface area contributed by atoms with E-state index in [0.717, 1.165) is 33.8 Å². The third-order valence-electron chi connectivity index (χ3n) is 2.97. The number of rotatable bonds is 6. The van der Waals surface area contributed by atoms with Gasteiger partial charge in [0.15, 0.2) is 0 Å². The Balaban J connectivity index is 2.42. The molecule has 2 nitrogen and oxygen atoms in total. The highest BCUT2D eigenvalue weighted by atomic mass is 79.9. The molecule has 5 heteroatoms. The second-order valence-corrected chi connectivity index (χ2v) is 6.74. The summed E-state index contributed by atoms with van der Waals surface area (Å²) in [6, 6.07) is 7.98. The highest BCUT2D eigenvalue weighted by molar-refractivity contribution is 9.10. The Hall–Kier alpha value is -0.550. The van der Waals surface area contributed by atoms with Crippen molar-refractivity contribution in [2.75, 3.05) is 13.7 Å². The molecular formula is C15H17BrClNOS. The third-order valence-corrected chi connectivity index (χ3v) is 4.97. The first-order valence-electron chi connectivity index (χ1n) is 6.46. The van der Waals surface area contributed by atoms with Crippen LogP contribution in [-0.4, -0.2) is 13.7 Å². The highest BCUT2D eigenvalue weighted by Crippen LogP contribution is 2.36. The van der Waals surface area contributed by atoms with Crippen molar-refractivity contribution in [1.29, 1.82) is 0 Å². The van der Waals surface area contributed by atoms with Crippen molar-refractivity contribution >= 4 is 38.9 Å². The number of benzene rings is 1. The molecule has 0 amide bonds. The van der Waals surface area contributed by atoms with E-state index in [1.165, 1.54) is 4.88 Å². The quantitative estimate of drug-likeness (QED) is 0.744. The van der Waals surface area contributed by atoms with E-state index < -0.39 is 0 Å². The first-order valence-corrected chi connectivity index (χ1v) is 8.51. The molecule has 0 aliphatic rings. The molecule has 1 aromatic heterocycles. The van der Waals surface area contributed by atoms with Gasteiger partial charge in [0.2, 0.25) is 0 Å². The fraction of sp³-hybridized carbons (Fsp3) is 0.333. The van der Waals surface area contributed by atoms with Gasteiger partial charge in [-0.25, -0.2) is 0 Å². The maximum absolute atomic E-state index is 6.16. The van der Waals surface area contributed by atoms with Crippen LogP contribution in [0.3, 0.4) is 0 Å². The van der Waals surface area contributed by atoms with E-state index in [1.54, 1.807) is 18.4 Å². The minimum absolute atomic E-state index is 0.0971. The normalized spacial score (nSPS) is 12.4. The van der Waals surface area contributed by atoms with Gasteiger partial charge in [-0.15, -0.1) is 11.3 Å². The van der Waals surface area contributed by atoms with E-state index in [-0.39, 0.29) is 6.04 Å². The molecule has 0 spiro atoms. The molecule has 0 aliphatic carbocycles. The van der Waals surface area contributed by atoms with Crippen LogP contribution in [0.15, 0.2) is 34.1 Å². The van der Waals surface area contributed by atoms with Crippen LogP contribution in [0.25, 0.3) is 0 Å². The lowest BCUT2D eigenvalue weighted by Gasteiger charge is -2.20. The Morgan fingerprint density at radius 2 is 2.20 bits per heavy atom. The van der Waals surface area contributed by atoms with Gasteiger partial charge in [-0.2, -0.15) is 0 Å². The van der Waals surface area contributed by atoms with Crippen molar-refractivity contribution in [3.8, 4) is 5.75 Å². The zero-order valence-electron chi connectivity index (χ0n) is 11.5. The van der Waals surface area contributed by atoms with Crippen molar-refractivity contribution in [3.05, 3.63) is 49.6 Å². The summed E-state index contributed by atoms with van der Waals surface area (Å²) >= 11 is 11.4. The van der Waals surface area contributed by atoms with Crippen molar-refractivity contribution in [1.82, 2.24) is 5.32 Å². The van der Waals surface area contributed by atoms with Crippen LogP contribution >= 0.6 is 38.9 Å². The van der Waals surface area contributed by atoms with E-state index >= 15 is 0 Å². The van der Waals surface area contributed by atoms with Crippen LogP contribution in [0.5, 0.6) is 5.75 Å². The molecule has 20 heavy (non-hydrogen) atoms. The van der Waals surface area contributed by atoms with Gasteiger partial charge in [0.05, 0.1) is 13.2 Å². The zero-order chi connectivity index (χ0) is 14.5. The van der Waals surface area contributed by atoms with Gasteiger partial charge in [0.1, 0.15) is 5.75 Å². The summed E-state index contributed by atoms with van der Waals surface area (Å²) in [7, 11) is 1.69. The number of hydrogen-bond donors (Lipinski definition) is 1. The lowest BCUT2D eigenvalue weighted by molar-refractivity contribution is 0.404. The molecule has 0 saturated heterocycles. The molecule has 1 N–H and O–H groups in total. The number of nitrogens with one attached hydrogen (secondary N) is 1. The number of thiophene rings is 1. The van der Waals surface area contributed by atoms with Gasteiger partial charge in [-0.05, 0) is 53.2 Å². The minimum Gasteiger partial charge on any atom is -0.496 e. The smallest absolute Gasteiger partial charge is 0.124 e. The molecule has 0 bridgehead atoms. The molecule has 1 aromatic carbocycles. The van der Waals surface area contributed by atoms with Crippen molar-refractivity contribution in [2.45, 2.75) is 19.4 Å². The fourth-order valence-corrected chi connectivity index (χ4v) is 3.78. The summed E-state index contributed by atoms with van der Waals surface area (Å²) in [6.45, 7) is 3.10. The summed E-state index contributed by atoms with van der Waals surface area (Å²) < 4.78 is 6.58. The first kappa shape index (κ1) is 15.8. The van der Waals surface area contributed by atoms with E-state index in [0.29, 0.717) is 0 Å². The number of hydrogen-bond acceptors (Lipinski definition) is 3. The second-order valence-electron chi connectivity index (χ2n) is 4.44. The molecule has 108 valence electrons. The summed E-state index contributed by atoms with van der Waals surface area (Å²) in [5.41, 5.74) is 1.07. The maximum Gasteiger partial charge on any atom is 0.124 e.